The van der Waals surface area contributed by atoms with E-state index in [0.717, 1.165) is 50.6 Å². The molecule has 0 unspecified atom stereocenters. The van der Waals surface area contributed by atoms with Gasteiger partial charge < -0.3 is 4.90 Å². The van der Waals surface area contributed by atoms with Crippen molar-refractivity contribution in [3.8, 4) is 0 Å². The molecule has 2 aliphatic rings. The second kappa shape index (κ2) is 5.21. The average Bonchev–Trinajstić information content (AvgIpc) is 3.17. The lowest BCUT2D eigenvalue weighted by molar-refractivity contribution is -0.134. The van der Waals surface area contributed by atoms with Crippen molar-refractivity contribution in [2.75, 3.05) is 26.2 Å². The van der Waals surface area contributed by atoms with Crippen molar-refractivity contribution in [2.45, 2.75) is 33.2 Å². The number of nitrogens with zero attached hydrogens (tertiary/aromatic N) is 3. The molecule has 0 N–H and O–H groups in total. The highest BCUT2D eigenvalue weighted by molar-refractivity contribution is 7.11. The molecule has 1 aliphatic carbocycles. The Morgan fingerprint density at radius 3 is 2.47 bits per heavy atom. The van der Waals surface area contributed by atoms with Crippen molar-refractivity contribution in [2.24, 2.45) is 5.92 Å². The van der Waals surface area contributed by atoms with E-state index in [2.05, 4.69) is 28.6 Å². The number of carbonyl (C=O) groups excluding carboxylic acids is 1. The minimum absolute atomic E-state index is 0.359. The first-order valence-electron chi connectivity index (χ1n) is 7.07. The van der Waals surface area contributed by atoms with Gasteiger partial charge in [-0.2, -0.15) is 0 Å². The molecule has 2 heterocycles. The van der Waals surface area contributed by atoms with Gasteiger partial charge in [0.2, 0.25) is 5.91 Å². The number of rotatable bonds is 3. The Labute approximate surface area is 118 Å². The molecule has 3 rings (SSSR count). The summed E-state index contributed by atoms with van der Waals surface area (Å²) in [6.07, 6.45) is 2.22. The monoisotopic (exact) mass is 279 g/mol. The Kier molecular flexibility index (Phi) is 3.58. The van der Waals surface area contributed by atoms with Crippen molar-refractivity contribution < 1.29 is 4.79 Å². The Bertz CT molecular complexity index is 473. The lowest BCUT2D eigenvalue weighted by atomic mass is 10.2. The van der Waals surface area contributed by atoms with Crippen LogP contribution in [0.3, 0.4) is 0 Å². The fraction of sp³-hybridized carbons (Fsp3) is 0.714. The van der Waals surface area contributed by atoms with E-state index in [4.69, 9.17) is 0 Å². The molecule has 0 spiro atoms. The van der Waals surface area contributed by atoms with Gasteiger partial charge in [0.05, 0.1) is 10.7 Å². The van der Waals surface area contributed by atoms with Gasteiger partial charge in [0, 0.05) is 43.5 Å². The summed E-state index contributed by atoms with van der Waals surface area (Å²) in [5.41, 5.74) is 1.17. The molecule has 4 nitrogen and oxygen atoms in total. The molecule has 1 aromatic heterocycles. The number of thiazole rings is 1. The van der Waals surface area contributed by atoms with Gasteiger partial charge >= 0.3 is 0 Å². The quantitative estimate of drug-likeness (QED) is 0.847. The van der Waals surface area contributed by atoms with Gasteiger partial charge in [0.25, 0.3) is 0 Å². The second-order valence-electron chi connectivity index (χ2n) is 5.62. The van der Waals surface area contributed by atoms with Gasteiger partial charge in [-0.3, -0.25) is 9.69 Å². The predicted molar refractivity (Wildman–Crippen MR) is 76.2 cm³/mol. The molecule has 0 bridgehead atoms. The standard InChI is InChI=1S/C14H21N3OS/c1-10-13(19-11(2)15-10)9-16-5-7-17(8-6-16)14(18)12-3-4-12/h12H,3-9H2,1-2H3. The zero-order valence-corrected chi connectivity index (χ0v) is 12.5. The molecule has 0 radical (unpaired) electrons. The smallest absolute Gasteiger partial charge is 0.225 e. The predicted octanol–water partition coefficient (Wildman–Crippen LogP) is 1.81. The molecular weight excluding hydrogens is 258 g/mol. The van der Waals surface area contributed by atoms with E-state index in [-0.39, 0.29) is 0 Å². The lowest BCUT2D eigenvalue weighted by Gasteiger charge is -2.34. The highest BCUT2D eigenvalue weighted by atomic mass is 32.1. The summed E-state index contributed by atoms with van der Waals surface area (Å²) in [5, 5.41) is 1.15. The average molecular weight is 279 g/mol. The third kappa shape index (κ3) is 2.98. The van der Waals surface area contributed by atoms with Crippen molar-refractivity contribution in [1.29, 1.82) is 0 Å². The molecule has 2 fully saturated rings. The van der Waals surface area contributed by atoms with Crippen LogP contribution >= 0.6 is 11.3 Å². The second-order valence-corrected chi connectivity index (χ2v) is 6.90. The minimum atomic E-state index is 0.359. The highest BCUT2D eigenvalue weighted by Crippen LogP contribution is 2.31. The third-order valence-electron chi connectivity index (χ3n) is 3.98. The van der Waals surface area contributed by atoms with E-state index < -0.39 is 0 Å². The van der Waals surface area contributed by atoms with E-state index in [0.29, 0.717) is 11.8 Å². The minimum Gasteiger partial charge on any atom is -0.340 e. The Morgan fingerprint density at radius 1 is 1.26 bits per heavy atom. The number of aryl methyl sites for hydroxylation is 2. The van der Waals surface area contributed by atoms with Crippen LogP contribution in [0.1, 0.15) is 28.4 Å². The van der Waals surface area contributed by atoms with Crippen LogP contribution in [0.15, 0.2) is 0 Å². The van der Waals surface area contributed by atoms with Gasteiger partial charge in [-0.15, -0.1) is 11.3 Å². The van der Waals surface area contributed by atoms with Crippen LogP contribution in [-0.4, -0.2) is 46.9 Å². The van der Waals surface area contributed by atoms with Gasteiger partial charge in [-0.25, -0.2) is 4.98 Å². The number of amides is 1. The lowest BCUT2D eigenvalue weighted by Crippen LogP contribution is -2.48. The summed E-state index contributed by atoms with van der Waals surface area (Å²) in [6, 6.07) is 0. The van der Waals surface area contributed by atoms with Crippen LogP contribution in [0.25, 0.3) is 0 Å². The van der Waals surface area contributed by atoms with E-state index in [9.17, 15) is 4.79 Å². The van der Waals surface area contributed by atoms with E-state index >= 15 is 0 Å². The van der Waals surface area contributed by atoms with Crippen LogP contribution in [0.5, 0.6) is 0 Å². The highest BCUT2D eigenvalue weighted by Gasteiger charge is 2.34. The fourth-order valence-corrected chi connectivity index (χ4v) is 3.62. The zero-order valence-electron chi connectivity index (χ0n) is 11.7. The van der Waals surface area contributed by atoms with E-state index in [1.807, 2.05) is 0 Å². The molecular formula is C14H21N3OS. The topological polar surface area (TPSA) is 36.4 Å². The van der Waals surface area contributed by atoms with Crippen LogP contribution < -0.4 is 0 Å². The normalized spacial score (nSPS) is 20.8. The van der Waals surface area contributed by atoms with E-state index in [1.54, 1.807) is 11.3 Å². The summed E-state index contributed by atoms with van der Waals surface area (Å²) in [4.78, 5) is 22.3. The largest absolute Gasteiger partial charge is 0.340 e. The summed E-state index contributed by atoms with van der Waals surface area (Å²) in [5.74, 6) is 0.752. The van der Waals surface area contributed by atoms with Gasteiger partial charge in [-0.1, -0.05) is 0 Å². The van der Waals surface area contributed by atoms with Crippen molar-refractivity contribution >= 4 is 17.2 Å². The molecule has 1 saturated heterocycles. The molecule has 1 aromatic rings. The molecule has 19 heavy (non-hydrogen) atoms. The third-order valence-corrected chi connectivity index (χ3v) is 5.03. The summed E-state index contributed by atoms with van der Waals surface area (Å²) in [6.45, 7) is 8.92. The number of carbonyl (C=O) groups is 1. The zero-order chi connectivity index (χ0) is 13.4. The van der Waals surface area contributed by atoms with Crippen LogP contribution in [0.2, 0.25) is 0 Å². The first-order valence-corrected chi connectivity index (χ1v) is 7.89. The Balaban J connectivity index is 1.52. The first-order chi connectivity index (χ1) is 9.13. The molecule has 0 aromatic carbocycles. The van der Waals surface area contributed by atoms with Gasteiger partial charge in [0.15, 0.2) is 0 Å². The molecule has 1 saturated carbocycles. The number of hydrogen-bond acceptors (Lipinski definition) is 4. The van der Waals surface area contributed by atoms with Crippen molar-refractivity contribution in [1.82, 2.24) is 14.8 Å². The maximum Gasteiger partial charge on any atom is 0.225 e. The Morgan fingerprint density at radius 2 is 1.95 bits per heavy atom. The van der Waals surface area contributed by atoms with Crippen molar-refractivity contribution in [3.63, 3.8) is 0 Å². The van der Waals surface area contributed by atoms with Gasteiger partial charge in [0.1, 0.15) is 0 Å². The SMILES string of the molecule is Cc1nc(C)c(CN2CCN(C(=O)C3CC3)CC2)s1. The fourth-order valence-electron chi connectivity index (χ4n) is 2.64. The molecule has 104 valence electrons. The number of piperazine rings is 1. The summed E-state index contributed by atoms with van der Waals surface area (Å²) in [7, 11) is 0. The van der Waals surface area contributed by atoms with Crippen LogP contribution in [-0.2, 0) is 11.3 Å². The summed E-state index contributed by atoms with van der Waals surface area (Å²) >= 11 is 1.80. The first kappa shape index (κ1) is 13.1. The van der Waals surface area contributed by atoms with Crippen molar-refractivity contribution in [3.05, 3.63) is 15.6 Å². The molecule has 1 aliphatic heterocycles. The molecule has 0 atom stereocenters. The molecule has 5 heteroatoms. The number of aromatic nitrogens is 1. The number of hydrogen-bond donors (Lipinski definition) is 0. The maximum atomic E-state index is 12.0. The Hall–Kier alpha value is -0.940. The van der Waals surface area contributed by atoms with Gasteiger partial charge in [-0.05, 0) is 26.7 Å². The van der Waals surface area contributed by atoms with E-state index in [1.165, 1.54) is 10.6 Å². The maximum absolute atomic E-state index is 12.0. The van der Waals surface area contributed by atoms with Crippen LogP contribution in [0, 0.1) is 19.8 Å². The molecule has 1 amide bonds. The summed E-state index contributed by atoms with van der Waals surface area (Å²) < 4.78 is 0. The van der Waals surface area contributed by atoms with Crippen LogP contribution in [0.4, 0.5) is 0 Å².